The van der Waals surface area contributed by atoms with E-state index in [0.717, 1.165) is 5.92 Å². The van der Waals surface area contributed by atoms with Crippen molar-refractivity contribution in [3.63, 3.8) is 0 Å². The number of piperazine rings is 1. The predicted octanol–water partition coefficient (Wildman–Crippen LogP) is 3.23. The van der Waals surface area contributed by atoms with Gasteiger partial charge in [0.1, 0.15) is 0 Å². The molecular weight excluding hydrogens is 220 g/mol. The average Bonchev–Trinajstić information content (AvgIpc) is 2.31. The second-order valence-corrected chi connectivity index (χ2v) is 7.64. The van der Waals surface area contributed by atoms with Gasteiger partial charge in [-0.1, -0.05) is 40.0 Å². The molecule has 1 aliphatic carbocycles. The standard InChI is InChI=1S/C16H32N2/c1-16(2,3)14-18-11-9-17(10-12-18)13-15-7-5-4-6-8-15/h15H,4-14H2,1-3H3. The highest BCUT2D eigenvalue weighted by atomic mass is 15.3. The van der Waals surface area contributed by atoms with Crippen LogP contribution in [0.15, 0.2) is 0 Å². The van der Waals surface area contributed by atoms with E-state index in [1.807, 2.05) is 0 Å². The molecule has 18 heavy (non-hydrogen) atoms. The SMILES string of the molecule is CC(C)(C)CN1CCN(CC2CCCCC2)CC1. The largest absolute Gasteiger partial charge is 0.301 e. The van der Waals surface area contributed by atoms with E-state index in [1.54, 1.807) is 0 Å². The van der Waals surface area contributed by atoms with Crippen LogP contribution in [-0.4, -0.2) is 49.1 Å². The molecule has 2 rings (SSSR count). The summed E-state index contributed by atoms with van der Waals surface area (Å²) in [4.78, 5) is 5.37. The van der Waals surface area contributed by atoms with Crippen LogP contribution in [0.2, 0.25) is 0 Å². The molecular formula is C16H32N2. The lowest BCUT2D eigenvalue weighted by molar-refractivity contribution is 0.0870. The molecule has 1 heterocycles. The van der Waals surface area contributed by atoms with E-state index < -0.39 is 0 Å². The first kappa shape index (κ1) is 14.3. The Labute approximate surface area is 114 Å². The summed E-state index contributed by atoms with van der Waals surface area (Å²) >= 11 is 0. The van der Waals surface area contributed by atoms with E-state index >= 15 is 0 Å². The van der Waals surface area contributed by atoms with E-state index in [9.17, 15) is 0 Å². The van der Waals surface area contributed by atoms with Gasteiger partial charge in [-0.15, -0.1) is 0 Å². The second kappa shape index (κ2) is 6.38. The minimum atomic E-state index is 0.450. The van der Waals surface area contributed by atoms with Gasteiger partial charge < -0.3 is 9.80 Å². The van der Waals surface area contributed by atoms with Gasteiger partial charge in [0.05, 0.1) is 0 Å². The van der Waals surface area contributed by atoms with Crippen LogP contribution >= 0.6 is 0 Å². The van der Waals surface area contributed by atoms with Gasteiger partial charge in [0.2, 0.25) is 0 Å². The van der Waals surface area contributed by atoms with Crippen LogP contribution in [0.4, 0.5) is 0 Å². The van der Waals surface area contributed by atoms with Crippen molar-refractivity contribution < 1.29 is 0 Å². The number of rotatable bonds is 3. The van der Waals surface area contributed by atoms with Crippen LogP contribution < -0.4 is 0 Å². The molecule has 0 N–H and O–H groups in total. The molecule has 0 aromatic carbocycles. The highest BCUT2D eigenvalue weighted by Crippen LogP contribution is 2.25. The molecule has 0 aromatic heterocycles. The molecule has 0 amide bonds. The van der Waals surface area contributed by atoms with Crippen molar-refractivity contribution in [1.29, 1.82) is 0 Å². The van der Waals surface area contributed by atoms with Crippen molar-refractivity contribution >= 4 is 0 Å². The Morgan fingerprint density at radius 1 is 0.833 bits per heavy atom. The molecule has 2 aliphatic rings. The molecule has 0 radical (unpaired) electrons. The third-order valence-corrected chi connectivity index (χ3v) is 4.40. The third-order valence-electron chi connectivity index (χ3n) is 4.40. The topological polar surface area (TPSA) is 6.48 Å². The van der Waals surface area contributed by atoms with E-state index in [-0.39, 0.29) is 0 Å². The van der Waals surface area contributed by atoms with Gasteiger partial charge in [0, 0.05) is 39.3 Å². The van der Waals surface area contributed by atoms with E-state index in [0.29, 0.717) is 5.41 Å². The zero-order chi connectivity index (χ0) is 13.0. The lowest BCUT2D eigenvalue weighted by Crippen LogP contribution is -2.49. The highest BCUT2D eigenvalue weighted by molar-refractivity contribution is 4.78. The maximum Gasteiger partial charge on any atom is 0.0110 e. The quantitative estimate of drug-likeness (QED) is 0.761. The van der Waals surface area contributed by atoms with Crippen molar-refractivity contribution in [2.75, 3.05) is 39.3 Å². The monoisotopic (exact) mass is 252 g/mol. The number of nitrogens with zero attached hydrogens (tertiary/aromatic N) is 2. The summed E-state index contributed by atoms with van der Waals surface area (Å²) in [7, 11) is 0. The summed E-state index contributed by atoms with van der Waals surface area (Å²) in [5, 5.41) is 0. The van der Waals surface area contributed by atoms with Crippen LogP contribution in [0.1, 0.15) is 52.9 Å². The molecule has 0 spiro atoms. The van der Waals surface area contributed by atoms with Gasteiger partial charge in [0.15, 0.2) is 0 Å². The van der Waals surface area contributed by atoms with Gasteiger partial charge in [-0.2, -0.15) is 0 Å². The summed E-state index contributed by atoms with van der Waals surface area (Å²) < 4.78 is 0. The summed E-state index contributed by atoms with van der Waals surface area (Å²) in [6, 6.07) is 0. The van der Waals surface area contributed by atoms with E-state index in [4.69, 9.17) is 0 Å². The molecule has 2 fully saturated rings. The number of hydrogen-bond acceptors (Lipinski definition) is 2. The molecule has 1 saturated carbocycles. The Hall–Kier alpha value is -0.0800. The number of hydrogen-bond donors (Lipinski definition) is 0. The summed E-state index contributed by atoms with van der Waals surface area (Å²) in [5.74, 6) is 1.01. The maximum absolute atomic E-state index is 2.72. The molecule has 0 aromatic rings. The van der Waals surface area contributed by atoms with Crippen molar-refractivity contribution in [2.24, 2.45) is 11.3 Å². The fourth-order valence-electron chi connectivity index (χ4n) is 3.54. The summed E-state index contributed by atoms with van der Waals surface area (Å²) in [6.07, 6.45) is 7.42. The Morgan fingerprint density at radius 2 is 1.39 bits per heavy atom. The molecule has 0 atom stereocenters. The zero-order valence-corrected chi connectivity index (χ0v) is 12.7. The molecule has 2 heteroatoms. The van der Waals surface area contributed by atoms with Crippen molar-refractivity contribution in [3.8, 4) is 0 Å². The molecule has 2 nitrogen and oxygen atoms in total. The van der Waals surface area contributed by atoms with Crippen LogP contribution in [-0.2, 0) is 0 Å². The minimum absolute atomic E-state index is 0.450. The Morgan fingerprint density at radius 3 is 1.94 bits per heavy atom. The third kappa shape index (κ3) is 4.89. The molecule has 0 unspecified atom stereocenters. The predicted molar refractivity (Wildman–Crippen MR) is 78.9 cm³/mol. The van der Waals surface area contributed by atoms with Crippen LogP contribution in [0.25, 0.3) is 0 Å². The summed E-state index contributed by atoms with van der Waals surface area (Å²) in [6.45, 7) is 14.8. The Bertz CT molecular complexity index is 230. The first-order chi connectivity index (χ1) is 8.53. The lowest BCUT2D eigenvalue weighted by atomic mass is 9.89. The Balaban J connectivity index is 1.66. The van der Waals surface area contributed by atoms with Gasteiger partial charge in [-0.25, -0.2) is 0 Å². The molecule has 0 bridgehead atoms. The van der Waals surface area contributed by atoms with Gasteiger partial charge in [-0.05, 0) is 24.2 Å². The van der Waals surface area contributed by atoms with Crippen molar-refractivity contribution in [2.45, 2.75) is 52.9 Å². The van der Waals surface area contributed by atoms with Crippen LogP contribution in [0, 0.1) is 11.3 Å². The van der Waals surface area contributed by atoms with Gasteiger partial charge >= 0.3 is 0 Å². The highest BCUT2D eigenvalue weighted by Gasteiger charge is 2.23. The lowest BCUT2D eigenvalue weighted by Gasteiger charge is -2.39. The second-order valence-electron chi connectivity index (χ2n) is 7.64. The summed E-state index contributed by atoms with van der Waals surface area (Å²) in [5.41, 5.74) is 0.450. The first-order valence-electron chi connectivity index (χ1n) is 7.98. The van der Waals surface area contributed by atoms with Crippen LogP contribution in [0.5, 0.6) is 0 Å². The fraction of sp³-hybridized carbons (Fsp3) is 1.00. The van der Waals surface area contributed by atoms with Gasteiger partial charge in [-0.3, -0.25) is 0 Å². The normalized spacial score (nSPS) is 25.5. The van der Waals surface area contributed by atoms with Crippen molar-refractivity contribution in [3.05, 3.63) is 0 Å². The van der Waals surface area contributed by atoms with Crippen LogP contribution in [0.3, 0.4) is 0 Å². The smallest absolute Gasteiger partial charge is 0.0110 e. The maximum atomic E-state index is 2.72. The molecule has 106 valence electrons. The first-order valence-corrected chi connectivity index (χ1v) is 7.98. The van der Waals surface area contributed by atoms with Gasteiger partial charge in [0.25, 0.3) is 0 Å². The molecule has 1 saturated heterocycles. The minimum Gasteiger partial charge on any atom is -0.301 e. The molecule has 1 aliphatic heterocycles. The zero-order valence-electron chi connectivity index (χ0n) is 12.7. The fourth-order valence-corrected chi connectivity index (χ4v) is 3.54. The van der Waals surface area contributed by atoms with E-state index in [1.165, 1.54) is 71.4 Å². The van der Waals surface area contributed by atoms with Crippen molar-refractivity contribution in [1.82, 2.24) is 9.80 Å². The Kier molecular flexibility index (Phi) is 5.08. The average molecular weight is 252 g/mol. The van der Waals surface area contributed by atoms with E-state index in [2.05, 4.69) is 30.6 Å².